The molecule has 0 N–H and O–H groups in total. The third kappa shape index (κ3) is 2.53. The van der Waals surface area contributed by atoms with Crippen molar-refractivity contribution >= 4 is 12.6 Å². The number of hydrogen-bond acceptors (Lipinski definition) is 6. The van der Waals surface area contributed by atoms with Crippen LogP contribution in [0, 0.1) is 18.3 Å². The van der Waals surface area contributed by atoms with Crippen molar-refractivity contribution in [2.75, 3.05) is 14.2 Å². The number of aromatic nitrogens is 2. The molecule has 2 aromatic rings. The summed E-state index contributed by atoms with van der Waals surface area (Å²) in [6.07, 6.45) is 0. The van der Waals surface area contributed by atoms with Gasteiger partial charge < -0.3 is 9.47 Å². The zero-order valence-electron chi connectivity index (χ0n) is 11.3. The molecule has 5 nitrogen and oxygen atoms in total. The van der Waals surface area contributed by atoms with Crippen LogP contribution in [0.2, 0.25) is 0 Å². The average molecular weight is 287 g/mol. The number of hydrogen-bond donors (Lipinski definition) is 1. The van der Waals surface area contributed by atoms with Crippen LogP contribution < -0.4 is 9.47 Å². The van der Waals surface area contributed by atoms with Crippen molar-refractivity contribution < 1.29 is 9.47 Å². The van der Waals surface area contributed by atoms with Gasteiger partial charge in [-0.2, -0.15) is 5.26 Å². The number of nitrogens with zero attached hydrogens (tertiary/aromatic N) is 3. The van der Waals surface area contributed by atoms with Crippen molar-refractivity contribution in [3.05, 3.63) is 29.5 Å². The Balaban J connectivity index is 2.60. The number of benzene rings is 1. The molecule has 0 aliphatic rings. The molecule has 1 aromatic carbocycles. The van der Waals surface area contributed by atoms with Gasteiger partial charge in [-0.25, -0.2) is 9.97 Å². The van der Waals surface area contributed by atoms with Crippen molar-refractivity contribution in [1.82, 2.24) is 9.97 Å². The highest BCUT2D eigenvalue weighted by Gasteiger charge is 2.14. The van der Waals surface area contributed by atoms with E-state index in [0.717, 1.165) is 5.56 Å². The Bertz CT molecular complexity index is 672. The maximum atomic E-state index is 9.01. The molecule has 0 saturated heterocycles. The smallest absolute Gasteiger partial charge is 0.164 e. The number of methoxy groups -OCH3 is 2. The zero-order valence-corrected chi connectivity index (χ0v) is 12.2. The third-order valence-corrected chi connectivity index (χ3v) is 3.16. The highest BCUT2D eigenvalue weighted by Crippen LogP contribution is 2.32. The molecule has 0 fully saturated rings. The fraction of sp³-hybridized carbons (Fsp3) is 0.214. The first-order chi connectivity index (χ1) is 9.60. The van der Waals surface area contributed by atoms with Crippen LogP contribution in [0.5, 0.6) is 11.5 Å². The standard InChI is InChI=1S/C14H13N3O2S/c1-8-11(7-15)14(20)17-13(16-8)10-5-4-9(18-2)6-12(10)19-3/h4-6H,1-3H3,(H,16,17,20). The van der Waals surface area contributed by atoms with Crippen LogP contribution in [0.3, 0.4) is 0 Å². The Labute approximate surface area is 122 Å². The molecule has 6 heteroatoms. The van der Waals surface area contributed by atoms with E-state index in [4.69, 9.17) is 14.7 Å². The van der Waals surface area contributed by atoms with Gasteiger partial charge >= 0.3 is 0 Å². The number of aryl methyl sites for hydroxylation is 1. The molecule has 0 aliphatic heterocycles. The topological polar surface area (TPSA) is 68.0 Å². The minimum Gasteiger partial charge on any atom is -0.497 e. The summed E-state index contributed by atoms with van der Waals surface area (Å²) < 4.78 is 10.5. The summed E-state index contributed by atoms with van der Waals surface area (Å²) in [5.41, 5.74) is 1.68. The highest BCUT2D eigenvalue weighted by atomic mass is 32.1. The van der Waals surface area contributed by atoms with Gasteiger partial charge in [0, 0.05) is 6.07 Å². The van der Waals surface area contributed by atoms with E-state index in [2.05, 4.69) is 22.6 Å². The summed E-state index contributed by atoms with van der Waals surface area (Å²) in [6.45, 7) is 1.75. The monoisotopic (exact) mass is 287 g/mol. The normalized spacial score (nSPS) is 9.95. The molecule has 0 unspecified atom stereocenters. The first kappa shape index (κ1) is 14.2. The minimum atomic E-state index is 0.355. The molecule has 0 radical (unpaired) electrons. The number of ether oxygens (including phenoxy) is 2. The molecular weight excluding hydrogens is 274 g/mol. The van der Waals surface area contributed by atoms with Crippen molar-refractivity contribution in [2.24, 2.45) is 0 Å². The van der Waals surface area contributed by atoms with Crippen molar-refractivity contribution in [3.8, 4) is 29.0 Å². The molecule has 1 heterocycles. The van der Waals surface area contributed by atoms with E-state index >= 15 is 0 Å². The molecule has 0 bridgehead atoms. The van der Waals surface area contributed by atoms with Crippen LogP contribution in [0.15, 0.2) is 23.2 Å². The van der Waals surface area contributed by atoms with Gasteiger partial charge in [-0.3, -0.25) is 0 Å². The van der Waals surface area contributed by atoms with Crippen LogP contribution in [-0.4, -0.2) is 24.2 Å². The second-order valence-electron chi connectivity index (χ2n) is 4.01. The summed E-state index contributed by atoms with van der Waals surface area (Å²) in [5.74, 6) is 1.74. The van der Waals surface area contributed by atoms with E-state index < -0.39 is 0 Å². The van der Waals surface area contributed by atoms with Gasteiger partial charge in [0.25, 0.3) is 0 Å². The lowest BCUT2D eigenvalue weighted by molar-refractivity contribution is 0.395. The Morgan fingerprint density at radius 3 is 2.50 bits per heavy atom. The Hall–Kier alpha value is -2.26. The van der Waals surface area contributed by atoms with Crippen LogP contribution in [0.25, 0.3) is 11.4 Å². The second kappa shape index (κ2) is 5.80. The molecule has 0 saturated carbocycles. The predicted octanol–water partition coefficient (Wildman–Crippen LogP) is 2.63. The van der Waals surface area contributed by atoms with Gasteiger partial charge in [0.1, 0.15) is 28.2 Å². The van der Waals surface area contributed by atoms with E-state index in [-0.39, 0.29) is 0 Å². The van der Waals surface area contributed by atoms with Gasteiger partial charge in [0.2, 0.25) is 0 Å². The number of nitriles is 1. The van der Waals surface area contributed by atoms with Gasteiger partial charge in [0.05, 0.1) is 25.5 Å². The van der Waals surface area contributed by atoms with Gasteiger partial charge in [-0.15, -0.1) is 12.6 Å². The molecule has 0 amide bonds. The number of rotatable bonds is 3. The molecule has 1 aromatic heterocycles. The van der Waals surface area contributed by atoms with Crippen LogP contribution in [0.4, 0.5) is 0 Å². The summed E-state index contributed by atoms with van der Waals surface area (Å²) in [7, 11) is 3.15. The molecule has 0 aliphatic carbocycles. The molecule has 0 spiro atoms. The van der Waals surface area contributed by atoms with E-state index in [9.17, 15) is 0 Å². The largest absolute Gasteiger partial charge is 0.497 e. The Kier molecular flexibility index (Phi) is 4.11. The van der Waals surface area contributed by atoms with E-state index in [1.807, 2.05) is 12.1 Å². The SMILES string of the molecule is COc1ccc(-c2nc(C)c(C#N)c(S)n2)c(OC)c1. The summed E-state index contributed by atoms with van der Waals surface area (Å²) in [4.78, 5) is 8.58. The van der Waals surface area contributed by atoms with Crippen molar-refractivity contribution in [3.63, 3.8) is 0 Å². The Morgan fingerprint density at radius 1 is 1.20 bits per heavy atom. The molecule has 2 rings (SSSR count). The van der Waals surface area contributed by atoms with Gasteiger partial charge in [0.15, 0.2) is 5.82 Å². The first-order valence-electron chi connectivity index (χ1n) is 5.80. The summed E-state index contributed by atoms with van der Waals surface area (Å²) >= 11 is 4.23. The third-order valence-electron chi connectivity index (χ3n) is 2.83. The fourth-order valence-electron chi connectivity index (χ4n) is 1.79. The lowest BCUT2D eigenvalue weighted by Gasteiger charge is -2.10. The van der Waals surface area contributed by atoms with Crippen LogP contribution in [-0.2, 0) is 0 Å². The van der Waals surface area contributed by atoms with E-state index in [1.54, 1.807) is 33.3 Å². The molecular formula is C14H13N3O2S. The molecule has 20 heavy (non-hydrogen) atoms. The van der Waals surface area contributed by atoms with Crippen LogP contribution in [0.1, 0.15) is 11.3 Å². The van der Waals surface area contributed by atoms with Crippen molar-refractivity contribution in [1.29, 1.82) is 5.26 Å². The highest BCUT2D eigenvalue weighted by molar-refractivity contribution is 7.80. The predicted molar refractivity (Wildman–Crippen MR) is 77.3 cm³/mol. The minimum absolute atomic E-state index is 0.355. The summed E-state index contributed by atoms with van der Waals surface area (Å²) in [5, 5.41) is 9.36. The van der Waals surface area contributed by atoms with Crippen molar-refractivity contribution in [2.45, 2.75) is 11.9 Å². The maximum Gasteiger partial charge on any atom is 0.164 e. The second-order valence-corrected chi connectivity index (χ2v) is 4.43. The molecule has 102 valence electrons. The fourth-order valence-corrected chi connectivity index (χ4v) is 2.10. The quantitative estimate of drug-likeness (QED) is 0.694. The van der Waals surface area contributed by atoms with Crippen LogP contribution >= 0.6 is 12.6 Å². The van der Waals surface area contributed by atoms with E-state index in [0.29, 0.717) is 33.6 Å². The lowest BCUT2D eigenvalue weighted by Crippen LogP contribution is -1.99. The van der Waals surface area contributed by atoms with Gasteiger partial charge in [-0.1, -0.05) is 0 Å². The number of thiol groups is 1. The lowest BCUT2D eigenvalue weighted by atomic mass is 10.1. The first-order valence-corrected chi connectivity index (χ1v) is 6.25. The summed E-state index contributed by atoms with van der Waals surface area (Å²) in [6, 6.07) is 7.40. The Morgan fingerprint density at radius 2 is 1.95 bits per heavy atom. The van der Waals surface area contributed by atoms with E-state index in [1.165, 1.54) is 0 Å². The zero-order chi connectivity index (χ0) is 14.7. The maximum absolute atomic E-state index is 9.01. The molecule has 0 atom stereocenters. The average Bonchev–Trinajstić information content (AvgIpc) is 2.46. The van der Waals surface area contributed by atoms with Gasteiger partial charge in [-0.05, 0) is 19.1 Å².